The summed E-state index contributed by atoms with van der Waals surface area (Å²) in [4.78, 5) is 15.3. The molecule has 3 aromatic rings. The van der Waals surface area contributed by atoms with E-state index >= 15 is 0 Å². The van der Waals surface area contributed by atoms with E-state index in [0.717, 1.165) is 105 Å². The predicted molar refractivity (Wildman–Crippen MR) is 170 cm³/mol. The largest absolute Gasteiger partial charge is 0.388 e. The number of anilines is 1. The van der Waals surface area contributed by atoms with Crippen LogP contribution in [0.3, 0.4) is 0 Å². The zero-order chi connectivity index (χ0) is 31.3. The summed E-state index contributed by atoms with van der Waals surface area (Å²) < 4.78 is 27.7. The van der Waals surface area contributed by atoms with Gasteiger partial charge in [-0.1, -0.05) is 11.6 Å². The van der Waals surface area contributed by atoms with Crippen LogP contribution in [0.25, 0.3) is 22.6 Å². The summed E-state index contributed by atoms with van der Waals surface area (Å²) >= 11 is 0. The number of hydrogen-bond acceptors (Lipinski definition) is 11. The van der Waals surface area contributed by atoms with Crippen LogP contribution in [0.1, 0.15) is 101 Å². The number of likely N-dealkylation sites (tertiary alicyclic amines) is 1. The molecule has 7 heterocycles. The number of aliphatic hydroxyl groups is 1. The highest BCUT2D eigenvalue weighted by atomic mass is 16.7. The molecule has 0 unspecified atom stereocenters. The minimum Gasteiger partial charge on any atom is -0.388 e. The standard InChI is InChI=1S/C34H47N7O5/c1-21(25-9-7-15-39(25)3)41-31-26-24(37-41)19-43-18-22-10-14-32(2,42)20-40(22)30(26)35-29(36-31)27-23-8-6-12-33(28(23)46-38-27)11-4-5-13-34(33)44-16-17-45-34/h21-22,25,42H,4-20H2,1-3H3/t21-,22+,25-,32+,33-/m0/s1. The van der Waals surface area contributed by atoms with Gasteiger partial charge in [0.15, 0.2) is 28.7 Å². The van der Waals surface area contributed by atoms with E-state index in [4.69, 9.17) is 39.0 Å². The van der Waals surface area contributed by atoms with Crippen molar-refractivity contribution < 1.29 is 23.8 Å². The lowest BCUT2D eigenvalue weighted by Crippen LogP contribution is -2.56. The minimum absolute atomic E-state index is 0.105. The van der Waals surface area contributed by atoms with Crippen molar-refractivity contribution in [3.05, 3.63) is 17.0 Å². The van der Waals surface area contributed by atoms with Crippen LogP contribution in [0, 0.1) is 0 Å². The summed E-state index contributed by atoms with van der Waals surface area (Å²) in [5.74, 6) is 1.64. The highest BCUT2D eigenvalue weighted by Crippen LogP contribution is 2.57. The van der Waals surface area contributed by atoms with E-state index in [9.17, 15) is 5.11 Å². The summed E-state index contributed by atoms with van der Waals surface area (Å²) in [7, 11) is 2.21. The van der Waals surface area contributed by atoms with Crippen LogP contribution in [-0.4, -0.2) is 98.3 Å². The number of hydrogen-bond donors (Lipinski definition) is 1. The fourth-order valence-electron chi connectivity index (χ4n) is 9.88. The van der Waals surface area contributed by atoms with Crippen LogP contribution in [0.5, 0.6) is 0 Å². The van der Waals surface area contributed by atoms with E-state index in [1.54, 1.807) is 0 Å². The van der Waals surface area contributed by atoms with Crippen LogP contribution in [-0.2, 0) is 32.7 Å². The van der Waals surface area contributed by atoms with Crippen molar-refractivity contribution in [2.45, 2.75) is 126 Å². The fourth-order valence-corrected chi connectivity index (χ4v) is 9.88. The number of likely N-dealkylation sites (N-methyl/N-ethyl adjacent to an activating group) is 1. The molecule has 12 heteroatoms. The van der Waals surface area contributed by atoms with E-state index in [-0.39, 0.29) is 17.5 Å². The zero-order valence-corrected chi connectivity index (χ0v) is 27.5. The van der Waals surface area contributed by atoms with Gasteiger partial charge in [0.2, 0.25) is 0 Å². The molecule has 6 aliphatic rings. The number of rotatable bonds is 3. The summed E-state index contributed by atoms with van der Waals surface area (Å²) in [5, 5.41) is 22.2. The van der Waals surface area contributed by atoms with Gasteiger partial charge >= 0.3 is 0 Å². The van der Waals surface area contributed by atoms with Crippen LogP contribution in [0.15, 0.2) is 4.52 Å². The highest BCUT2D eigenvalue weighted by Gasteiger charge is 2.61. The van der Waals surface area contributed by atoms with E-state index in [0.29, 0.717) is 50.5 Å². The number of aromatic nitrogens is 5. The van der Waals surface area contributed by atoms with Gasteiger partial charge in [-0.2, -0.15) is 5.10 Å². The Kier molecular flexibility index (Phi) is 6.85. The van der Waals surface area contributed by atoms with Gasteiger partial charge in [-0.05, 0) is 85.2 Å². The van der Waals surface area contributed by atoms with Crippen LogP contribution >= 0.6 is 0 Å². The molecule has 4 aliphatic heterocycles. The van der Waals surface area contributed by atoms with Crippen LogP contribution in [0.2, 0.25) is 0 Å². The Morgan fingerprint density at radius 2 is 1.83 bits per heavy atom. The third-order valence-electron chi connectivity index (χ3n) is 12.2. The minimum atomic E-state index is -0.834. The maximum atomic E-state index is 11.3. The molecule has 3 saturated heterocycles. The second kappa shape index (κ2) is 10.7. The first-order valence-electron chi connectivity index (χ1n) is 17.6. The van der Waals surface area contributed by atoms with E-state index in [1.807, 2.05) is 6.92 Å². The molecule has 1 N–H and O–H groups in total. The summed E-state index contributed by atoms with van der Waals surface area (Å²) in [6.07, 6.45) is 10.7. The van der Waals surface area contributed by atoms with Crippen molar-refractivity contribution in [2.75, 3.05) is 44.9 Å². The van der Waals surface area contributed by atoms with E-state index in [2.05, 4.69) is 28.5 Å². The van der Waals surface area contributed by atoms with Gasteiger partial charge in [-0.15, -0.1) is 0 Å². The maximum absolute atomic E-state index is 11.3. The summed E-state index contributed by atoms with van der Waals surface area (Å²) in [6, 6.07) is 0.573. The molecular weight excluding hydrogens is 586 g/mol. The molecule has 0 aromatic carbocycles. The molecular formula is C34H47N7O5. The van der Waals surface area contributed by atoms with Crippen LogP contribution < -0.4 is 4.90 Å². The molecule has 2 aliphatic carbocycles. The molecule has 12 nitrogen and oxygen atoms in total. The molecule has 46 heavy (non-hydrogen) atoms. The molecule has 9 rings (SSSR count). The molecule has 3 aromatic heterocycles. The molecule has 0 bridgehead atoms. The monoisotopic (exact) mass is 633 g/mol. The smallest absolute Gasteiger partial charge is 0.186 e. The molecule has 248 valence electrons. The Labute approximate surface area is 269 Å². The zero-order valence-electron chi connectivity index (χ0n) is 27.5. The topological polar surface area (TPSA) is 124 Å². The average molecular weight is 634 g/mol. The van der Waals surface area contributed by atoms with Gasteiger partial charge in [-0.3, -0.25) is 0 Å². The predicted octanol–water partition coefficient (Wildman–Crippen LogP) is 4.28. The van der Waals surface area contributed by atoms with Crippen molar-refractivity contribution >= 4 is 16.9 Å². The molecule has 0 amide bonds. The summed E-state index contributed by atoms with van der Waals surface area (Å²) in [6.45, 7) is 7.94. The van der Waals surface area contributed by atoms with Crippen molar-refractivity contribution in [3.63, 3.8) is 0 Å². The van der Waals surface area contributed by atoms with Gasteiger partial charge in [0.1, 0.15) is 11.5 Å². The van der Waals surface area contributed by atoms with Crippen molar-refractivity contribution in [1.29, 1.82) is 0 Å². The Morgan fingerprint density at radius 1 is 1.00 bits per heavy atom. The first-order valence-corrected chi connectivity index (χ1v) is 17.6. The first-order chi connectivity index (χ1) is 22.3. The average Bonchev–Trinajstić information content (AvgIpc) is 3.85. The van der Waals surface area contributed by atoms with Gasteiger partial charge in [0.05, 0.1) is 54.9 Å². The molecule has 5 atom stereocenters. The lowest BCUT2D eigenvalue weighted by Gasteiger charge is -2.50. The SMILES string of the molecule is C[C@@H]([C@@H]1CCCN1C)n1nc2c3c(nc(-c4noc5c4CCC[C@@]54CCCCC45OCCO5)nc31)N1C[C@](C)(O)CC[C@@H]1COC2. The Bertz CT molecular complexity index is 1650. The van der Waals surface area contributed by atoms with E-state index in [1.165, 1.54) is 6.42 Å². The van der Waals surface area contributed by atoms with Gasteiger partial charge < -0.3 is 33.6 Å². The van der Waals surface area contributed by atoms with Crippen molar-refractivity contribution in [3.8, 4) is 11.5 Å². The third-order valence-corrected chi connectivity index (χ3v) is 12.2. The first kappa shape index (κ1) is 29.5. The van der Waals surface area contributed by atoms with Crippen LogP contribution in [0.4, 0.5) is 5.82 Å². The lowest BCUT2D eigenvalue weighted by atomic mass is 9.61. The quantitative estimate of drug-likeness (QED) is 0.445. The maximum Gasteiger partial charge on any atom is 0.186 e. The third kappa shape index (κ3) is 4.29. The number of ether oxygens (including phenoxy) is 3. The van der Waals surface area contributed by atoms with Crippen molar-refractivity contribution in [1.82, 2.24) is 29.8 Å². The number of piperidine rings is 1. The molecule has 4 fully saturated rings. The molecule has 2 spiro atoms. The normalized spacial score (nSPS) is 33.3. The van der Waals surface area contributed by atoms with Gasteiger partial charge in [-0.25, -0.2) is 14.6 Å². The lowest BCUT2D eigenvalue weighted by molar-refractivity contribution is -0.235. The Morgan fingerprint density at radius 3 is 2.65 bits per heavy atom. The second-order valence-electron chi connectivity index (χ2n) is 15.2. The Hall–Kier alpha value is -2.64. The number of nitrogens with zero attached hydrogens (tertiary/aromatic N) is 7. The van der Waals surface area contributed by atoms with Gasteiger partial charge in [0.25, 0.3) is 0 Å². The molecule has 0 radical (unpaired) electrons. The highest BCUT2D eigenvalue weighted by molar-refractivity contribution is 5.92. The number of fused-ring (bicyclic) bond motifs is 5. The molecule has 1 saturated carbocycles. The summed E-state index contributed by atoms with van der Waals surface area (Å²) in [5.41, 5.74) is 2.27. The second-order valence-corrected chi connectivity index (χ2v) is 15.2. The fraction of sp³-hybridized carbons (Fsp3) is 0.765. The van der Waals surface area contributed by atoms with Gasteiger partial charge in [0, 0.05) is 24.6 Å². The van der Waals surface area contributed by atoms with Crippen molar-refractivity contribution in [2.24, 2.45) is 0 Å². The van der Waals surface area contributed by atoms with E-state index < -0.39 is 11.4 Å². The Balaban J connectivity index is 1.24.